The fourth-order valence-corrected chi connectivity index (χ4v) is 2.76. The van der Waals surface area contributed by atoms with Crippen molar-refractivity contribution >= 4 is 0 Å². The summed E-state index contributed by atoms with van der Waals surface area (Å²) >= 11 is 0. The minimum absolute atomic E-state index is 1.20. The summed E-state index contributed by atoms with van der Waals surface area (Å²) in [5, 5.41) is 0. The minimum Gasteiger partial charge on any atom is -0.361 e. The Hall–Kier alpha value is -1.50. The molecule has 1 heteroatoms. The van der Waals surface area contributed by atoms with Gasteiger partial charge in [-0.2, -0.15) is 0 Å². The Bertz CT molecular complexity index is 470. The molecule has 2 aromatic rings. The zero-order chi connectivity index (χ0) is 14.0. The zero-order valence-corrected chi connectivity index (χ0v) is 12.7. The third kappa shape index (κ3) is 4.56. The number of nitrogens with one attached hydrogen (secondary N) is 1. The first kappa shape index (κ1) is 14.9. The number of aromatic nitrogens is 1. The van der Waals surface area contributed by atoms with Gasteiger partial charge in [-0.05, 0) is 30.0 Å². The number of aromatic amines is 1. The molecule has 1 aromatic carbocycles. The number of H-pyrrole nitrogens is 1. The van der Waals surface area contributed by atoms with Gasteiger partial charge in [0.15, 0.2) is 0 Å². The SMILES string of the molecule is CCCCCCCCCc1cc[nH]c1-c1ccccc1. The third-order valence-electron chi connectivity index (χ3n) is 3.95. The number of hydrogen-bond donors (Lipinski definition) is 1. The predicted octanol–water partition coefficient (Wildman–Crippen LogP) is 5.97. The molecule has 0 saturated heterocycles. The topological polar surface area (TPSA) is 15.8 Å². The monoisotopic (exact) mass is 269 g/mol. The van der Waals surface area contributed by atoms with Gasteiger partial charge in [-0.15, -0.1) is 0 Å². The molecule has 0 amide bonds. The lowest BCUT2D eigenvalue weighted by atomic mass is 10.0. The smallest absolute Gasteiger partial charge is 0.0486 e. The van der Waals surface area contributed by atoms with Gasteiger partial charge in [0.05, 0.1) is 0 Å². The molecule has 1 N–H and O–H groups in total. The van der Waals surface area contributed by atoms with Crippen LogP contribution in [0.15, 0.2) is 42.6 Å². The van der Waals surface area contributed by atoms with Crippen LogP contribution < -0.4 is 0 Å². The van der Waals surface area contributed by atoms with E-state index in [1.807, 2.05) is 0 Å². The van der Waals surface area contributed by atoms with Crippen molar-refractivity contribution in [1.82, 2.24) is 4.98 Å². The summed E-state index contributed by atoms with van der Waals surface area (Å²) in [7, 11) is 0. The second-order valence-corrected chi connectivity index (χ2v) is 5.62. The first-order valence-corrected chi connectivity index (χ1v) is 8.13. The van der Waals surface area contributed by atoms with E-state index in [4.69, 9.17) is 0 Å². The summed E-state index contributed by atoms with van der Waals surface area (Å²) in [5.74, 6) is 0. The van der Waals surface area contributed by atoms with E-state index in [0.717, 1.165) is 0 Å². The highest BCUT2D eigenvalue weighted by atomic mass is 14.7. The maximum absolute atomic E-state index is 3.39. The van der Waals surface area contributed by atoms with Gasteiger partial charge in [0, 0.05) is 11.9 Å². The number of hydrogen-bond acceptors (Lipinski definition) is 0. The fraction of sp³-hybridized carbons (Fsp3) is 0.474. The van der Waals surface area contributed by atoms with Crippen LogP contribution in [-0.4, -0.2) is 4.98 Å². The van der Waals surface area contributed by atoms with Crippen LogP contribution in [0.5, 0.6) is 0 Å². The van der Waals surface area contributed by atoms with Gasteiger partial charge in [-0.1, -0.05) is 75.8 Å². The molecule has 108 valence electrons. The second kappa shape index (κ2) is 8.63. The van der Waals surface area contributed by atoms with E-state index in [-0.39, 0.29) is 0 Å². The summed E-state index contributed by atoms with van der Waals surface area (Å²) in [5.41, 5.74) is 4.07. The summed E-state index contributed by atoms with van der Waals surface area (Å²) in [6.45, 7) is 2.27. The van der Waals surface area contributed by atoms with Gasteiger partial charge in [0.2, 0.25) is 0 Å². The van der Waals surface area contributed by atoms with Crippen molar-refractivity contribution in [2.75, 3.05) is 0 Å². The number of rotatable bonds is 9. The van der Waals surface area contributed by atoms with Crippen LogP contribution in [-0.2, 0) is 6.42 Å². The van der Waals surface area contributed by atoms with Gasteiger partial charge in [0.25, 0.3) is 0 Å². The Morgan fingerprint density at radius 2 is 1.50 bits per heavy atom. The predicted molar refractivity (Wildman–Crippen MR) is 87.9 cm³/mol. The third-order valence-corrected chi connectivity index (χ3v) is 3.95. The Morgan fingerprint density at radius 1 is 0.800 bits per heavy atom. The van der Waals surface area contributed by atoms with Gasteiger partial charge in [-0.3, -0.25) is 0 Å². The lowest BCUT2D eigenvalue weighted by molar-refractivity contribution is 0.589. The van der Waals surface area contributed by atoms with Gasteiger partial charge >= 0.3 is 0 Å². The van der Waals surface area contributed by atoms with Crippen LogP contribution in [0.1, 0.15) is 57.4 Å². The van der Waals surface area contributed by atoms with Crippen LogP contribution in [0, 0.1) is 0 Å². The van der Waals surface area contributed by atoms with Crippen molar-refractivity contribution in [3.05, 3.63) is 48.2 Å². The Balaban J connectivity index is 1.76. The van der Waals surface area contributed by atoms with Crippen LogP contribution >= 0.6 is 0 Å². The number of aryl methyl sites for hydroxylation is 1. The first-order chi connectivity index (χ1) is 9.92. The summed E-state index contributed by atoms with van der Waals surface area (Å²) in [4.78, 5) is 3.39. The number of benzene rings is 1. The Morgan fingerprint density at radius 3 is 2.25 bits per heavy atom. The Labute approximate surface area is 123 Å². The molecule has 0 radical (unpaired) electrons. The molecule has 0 unspecified atom stereocenters. The molecule has 0 aliphatic rings. The molecule has 0 aliphatic carbocycles. The van der Waals surface area contributed by atoms with E-state index in [9.17, 15) is 0 Å². The highest BCUT2D eigenvalue weighted by Crippen LogP contribution is 2.23. The summed E-state index contributed by atoms with van der Waals surface area (Å²) in [6, 6.07) is 12.9. The Kier molecular flexibility index (Phi) is 6.43. The molecule has 0 aliphatic heterocycles. The molecule has 1 aromatic heterocycles. The van der Waals surface area contributed by atoms with E-state index in [2.05, 4.69) is 54.5 Å². The summed E-state index contributed by atoms with van der Waals surface area (Å²) < 4.78 is 0. The fourth-order valence-electron chi connectivity index (χ4n) is 2.76. The average Bonchev–Trinajstić information content (AvgIpc) is 2.96. The van der Waals surface area contributed by atoms with Gasteiger partial charge in [-0.25, -0.2) is 0 Å². The van der Waals surface area contributed by atoms with Crippen molar-refractivity contribution < 1.29 is 0 Å². The van der Waals surface area contributed by atoms with Crippen LogP contribution in [0.3, 0.4) is 0 Å². The number of unbranched alkanes of at least 4 members (excludes halogenated alkanes) is 6. The van der Waals surface area contributed by atoms with Crippen molar-refractivity contribution in [1.29, 1.82) is 0 Å². The van der Waals surface area contributed by atoms with E-state index in [1.54, 1.807) is 0 Å². The highest BCUT2D eigenvalue weighted by Gasteiger charge is 2.05. The van der Waals surface area contributed by atoms with E-state index < -0.39 is 0 Å². The maximum Gasteiger partial charge on any atom is 0.0486 e. The molecular formula is C19H27N. The maximum atomic E-state index is 3.39. The molecule has 1 nitrogen and oxygen atoms in total. The molecule has 0 atom stereocenters. The van der Waals surface area contributed by atoms with Crippen molar-refractivity contribution in [3.8, 4) is 11.3 Å². The van der Waals surface area contributed by atoms with Crippen molar-refractivity contribution in [2.45, 2.75) is 58.3 Å². The molecule has 0 bridgehead atoms. The van der Waals surface area contributed by atoms with E-state index >= 15 is 0 Å². The van der Waals surface area contributed by atoms with Crippen LogP contribution in [0.25, 0.3) is 11.3 Å². The minimum atomic E-state index is 1.20. The molecule has 20 heavy (non-hydrogen) atoms. The molecule has 2 rings (SSSR count). The normalized spacial score (nSPS) is 10.8. The molecule has 0 fully saturated rings. The van der Waals surface area contributed by atoms with Gasteiger partial charge < -0.3 is 4.98 Å². The van der Waals surface area contributed by atoms with E-state index in [0.29, 0.717) is 0 Å². The standard InChI is InChI=1S/C19H27N/c1-2-3-4-5-6-7-9-14-18-15-16-20-19(18)17-12-10-8-11-13-17/h8,10-13,15-16,20H,2-7,9,14H2,1H3. The first-order valence-electron chi connectivity index (χ1n) is 8.13. The zero-order valence-electron chi connectivity index (χ0n) is 12.7. The van der Waals surface area contributed by atoms with Gasteiger partial charge in [0.1, 0.15) is 0 Å². The molecular weight excluding hydrogens is 242 g/mol. The molecule has 0 spiro atoms. The van der Waals surface area contributed by atoms with E-state index in [1.165, 1.54) is 68.2 Å². The summed E-state index contributed by atoms with van der Waals surface area (Å²) in [6.07, 6.45) is 12.9. The lowest BCUT2D eigenvalue weighted by Gasteiger charge is -2.05. The largest absolute Gasteiger partial charge is 0.361 e. The highest BCUT2D eigenvalue weighted by molar-refractivity contribution is 5.63. The molecule has 0 saturated carbocycles. The lowest BCUT2D eigenvalue weighted by Crippen LogP contribution is -1.88. The van der Waals surface area contributed by atoms with Crippen LogP contribution in [0.2, 0.25) is 0 Å². The van der Waals surface area contributed by atoms with Crippen LogP contribution in [0.4, 0.5) is 0 Å². The average molecular weight is 269 g/mol. The quantitative estimate of drug-likeness (QED) is 0.539. The second-order valence-electron chi connectivity index (χ2n) is 5.62. The van der Waals surface area contributed by atoms with Crippen molar-refractivity contribution in [2.24, 2.45) is 0 Å². The van der Waals surface area contributed by atoms with Crippen molar-refractivity contribution in [3.63, 3.8) is 0 Å². The molecule has 1 heterocycles.